The van der Waals surface area contributed by atoms with E-state index >= 15 is 0 Å². The fraction of sp³-hybridized carbons (Fsp3) is 0.353. The lowest BCUT2D eigenvalue weighted by Crippen LogP contribution is -2.45. The van der Waals surface area contributed by atoms with Gasteiger partial charge in [0.15, 0.2) is 5.69 Å². The Bertz CT molecular complexity index is 1940. The molecule has 6 rings (SSSR count). The third-order valence-corrected chi connectivity index (χ3v) is 11.6. The highest BCUT2D eigenvalue weighted by Crippen LogP contribution is 2.37. The SMILES string of the molecule is Cc1ccc(C#Cc2ccc(-c3c(CNS(=O)(=O)N4CCC[C@H]4C)c(C(=O)NN4CCCCC4)nn3-c3ccc(Cl)cc3Cl)s2)cc1. The van der Waals surface area contributed by atoms with Gasteiger partial charge in [0.2, 0.25) is 0 Å². The number of halogens is 2. The van der Waals surface area contributed by atoms with Crippen LogP contribution in [0.4, 0.5) is 0 Å². The van der Waals surface area contributed by atoms with Crippen molar-refractivity contribution in [3.05, 3.63) is 91.9 Å². The van der Waals surface area contributed by atoms with Crippen molar-refractivity contribution in [1.29, 1.82) is 0 Å². The zero-order chi connectivity index (χ0) is 33.1. The number of amides is 1. The standard InChI is InChI=1S/C34H36Cl2N6O3S2/c1-23-8-10-25(11-9-23)12-14-27-15-17-31(46-27)33-28(22-37-47(44,45)41-20-6-7-24(41)2)32(34(43)39-40-18-4-3-5-19-40)38-42(33)30-16-13-26(35)21-29(30)36/h8-11,13,15-17,21,24,37H,3-7,18-20,22H2,1-2H3,(H,39,43)/t24-/m1/s1. The number of aromatic nitrogens is 2. The summed E-state index contributed by atoms with van der Waals surface area (Å²) < 4.78 is 32.9. The summed E-state index contributed by atoms with van der Waals surface area (Å²) in [4.78, 5) is 15.5. The van der Waals surface area contributed by atoms with E-state index < -0.39 is 16.1 Å². The number of piperidine rings is 1. The number of aryl methyl sites for hydroxylation is 1. The highest BCUT2D eigenvalue weighted by atomic mass is 35.5. The van der Waals surface area contributed by atoms with E-state index in [9.17, 15) is 13.2 Å². The molecule has 2 aromatic heterocycles. The summed E-state index contributed by atoms with van der Waals surface area (Å²) in [5, 5.41) is 7.49. The van der Waals surface area contributed by atoms with E-state index in [4.69, 9.17) is 28.3 Å². The van der Waals surface area contributed by atoms with Gasteiger partial charge in [-0.05, 0) is 82.0 Å². The molecule has 47 heavy (non-hydrogen) atoms. The van der Waals surface area contributed by atoms with Gasteiger partial charge in [0.1, 0.15) is 0 Å². The van der Waals surface area contributed by atoms with Crippen LogP contribution in [0.2, 0.25) is 10.0 Å². The Morgan fingerprint density at radius 3 is 2.47 bits per heavy atom. The number of nitrogens with zero attached hydrogens (tertiary/aromatic N) is 4. The molecule has 0 aliphatic carbocycles. The number of hydrogen-bond acceptors (Lipinski definition) is 6. The number of nitrogens with one attached hydrogen (secondary N) is 2. The molecule has 4 heterocycles. The molecular weight excluding hydrogens is 675 g/mol. The Morgan fingerprint density at radius 2 is 1.77 bits per heavy atom. The Labute approximate surface area is 290 Å². The smallest absolute Gasteiger partial charge is 0.283 e. The van der Waals surface area contributed by atoms with Crippen LogP contribution in [-0.2, 0) is 16.8 Å². The van der Waals surface area contributed by atoms with E-state index in [0.29, 0.717) is 33.5 Å². The zero-order valence-electron chi connectivity index (χ0n) is 26.2. The second-order valence-corrected chi connectivity index (χ2v) is 15.5. The van der Waals surface area contributed by atoms with Gasteiger partial charge in [-0.25, -0.2) is 9.69 Å². The maximum absolute atomic E-state index is 13.9. The first-order valence-corrected chi connectivity index (χ1v) is 18.7. The van der Waals surface area contributed by atoms with Gasteiger partial charge in [-0.3, -0.25) is 10.2 Å². The second kappa shape index (κ2) is 14.5. The Hall–Kier alpha value is -3.21. The predicted octanol–water partition coefficient (Wildman–Crippen LogP) is 6.57. The average molecular weight is 712 g/mol. The van der Waals surface area contributed by atoms with Crippen LogP contribution in [0, 0.1) is 18.8 Å². The van der Waals surface area contributed by atoms with Crippen molar-refractivity contribution in [1.82, 2.24) is 29.2 Å². The van der Waals surface area contributed by atoms with Crippen molar-refractivity contribution in [3.63, 3.8) is 0 Å². The van der Waals surface area contributed by atoms with E-state index in [1.165, 1.54) is 15.6 Å². The van der Waals surface area contributed by atoms with Crippen LogP contribution in [0.1, 0.15) is 71.1 Å². The van der Waals surface area contributed by atoms with Crippen LogP contribution >= 0.6 is 34.5 Å². The molecule has 0 unspecified atom stereocenters. The summed E-state index contributed by atoms with van der Waals surface area (Å²) in [5.74, 6) is 6.04. The van der Waals surface area contributed by atoms with Gasteiger partial charge in [0.05, 0.1) is 26.2 Å². The van der Waals surface area contributed by atoms with E-state index in [1.807, 2.05) is 55.3 Å². The molecule has 0 saturated carbocycles. The van der Waals surface area contributed by atoms with Crippen molar-refractivity contribution in [2.75, 3.05) is 19.6 Å². The fourth-order valence-corrected chi connectivity index (χ4v) is 8.74. The summed E-state index contributed by atoms with van der Waals surface area (Å²) in [6.07, 6.45) is 4.65. The normalized spacial score (nSPS) is 17.4. The summed E-state index contributed by atoms with van der Waals surface area (Å²) in [5.41, 5.74) is 6.64. The summed E-state index contributed by atoms with van der Waals surface area (Å²) in [6, 6.07) is 16.8. The number of rotatable bonds is 8. The molecule has 0 radical (unpaired) electrons. The number of thiophene rings is 1. The van der Waals surface area contributed by atoms with E-state index in [1.54, 1.807) is 22.9 Å². The van der Waals surface area contributed by atoms with Gasteiger partial charge >= 0.3 is 0 Å². The molecule has 0 spiro atoms. The van der Waals surface area contributed by atoms with Crippen LogP contribution in [0.3, 0.4) is 0 Å². The highest BCUT2D eigenvalue weighted by molar-refractivity contribution is 7.87. The Morgan fingerprint density at radius 1 is 1.00 bits per heavy atom. The summed E-state index contributed by atoms with van der Waals surface area (Å²) in [7, 11) is -3.84. The zero-order valence-corrected chi connectivity index (χ0v) is 29.4. The minimum atomic E-state index is -3.84. The summed E-state index contributed by atoms with van der Waals surface area (Å²) >= 11 is 14.4. The van der Waals surface area contributed by atoms with Crippen LogP contribution in [0.5, 0.6) is 0 Å². The molecule has 246 valence electrons. The Kier molecular flexibility index (Phi) is 10.4. The molecule has 0 bridgehead atoms. The Balaban J connectivity index is 1.46. The number of carbonyl (C=O) groups is 1. The maximum Gasteiger partial charge on any atom is 0.286 e. The molecule has 1 amide bonds. The van der Waals surface area contributed by atoms with Crippen LogP contribution in [0.25, 0.3) is 16.3 Å². The van der Waals surface area contributed by atoms with E-state index in [0.717, 1.165) is 66.1 Å². The van der Waals surface area contributed by atoms with Gasteiger partial charge in [-0.1, -0.05) is 59.2 Å². The predicted molar refractivity (Wildman–Crippen MR) is 188 cm³/mol. The van der Waals surface area contributed by atoms with Gasteiger partial charge in [0.25, 0.3) is 16.1 Å². The quantitative estimate of drug-likeness (QED) is 0.202. The molecular formula is C34H36Cl2N6O3S2. The van der Waals surface area contributed by atoms with Crippen LogP contribution in [0.15, 0.2) is 54.6 Å². The monoisotopic (exact) mass is 710 g/mol. The van der Waals surface area contributed by atoms with Gasteiger partial charge in [-0.2, -0.15) is 22.5 Å². The first-order chi connectivity index (χ1) is 22.6. The molecule has 2 aliphatic rings. The average Bonchev–Trinajstić information content (AvgIpc) is 3.79. The van der Waals surface area contributed by atoms with Crippen molar-refractivity contribution in [2.24, 2.45) is 0 Å². The van der Waals surface area contributed by atoms with Crippen LogP contribution in [-0.4, -0.2) is 59.1 Å². The maximum atomic E-state index is 13.9. The van der Waals surface area contributed by atoms with Gasteiger partial charge in [-0.15, -0.1) is 11.3 Å². The molecule has 1 atom stereocenters. The van der Waals surface area contributed by atoms with Crippen molar-refractivity contribution in [2.45, 2.75) is 58.5 Å². The number of hydrogen-bond donors (Lipinski definition) is 2. The second-order valence-electron chi connectivity index (χ2n) is 11.9. The van der Waals surface area contributed by atoms with Gasteiger partial charge < -0.3 is 0 Å². The lowest BCUT2D eigenvalue weighted by Gasteiger charge is -2.26. The van der Waals surface area contributed by atoms with Gasteiger partial charge in [0, 0.05) is 48.4 Å². The van der Waals surface area contributed by atoms with Crippen molar-refractivity contribution >= 4 is 50.7 Å². The molecule has 2 fully saturated rings. The molecule has 13 heteroatoms. The largest absolute Gasteiger partial charge is 0.286 e. The number of carbonyl (C=O) groups excluding carboxylic acids is 1. The molecule has 9 nitrogen and oxygen atoms in total. The van der Waals surface area contributed by atoms with Crippen molar-refractivity contribution < 1.29 is 13.2 Å². The minimum absolute atomic E-state index is 0.106. The fourth-order valence-electron chi connectivity index (χ4n) is 5.90. The highest BCUT2D eigenvalue weighted by Gasteiger charge is 2.33. The molecule has 2 aromatic carbocycles. The minimum Gasteiger partial charge on any atom is -0.283 e. The number of benzene rings is 2. The first kappa shape index (κ1) is 33.7. The first-order valence-electron chi connectivity index (χ1n) is 15.7. The summed E-state index contributed by atoms with van der Waals surface area (Å²) in [6.45, 7) is 5.68. The number of hydrazine groups is 1. The van der Waals surface area contributed by atoms with Crippen molar-refractivity contribution in [3.8, 4) is 28.1 Å². The van der Waals surface area contributed by atoms with E-state index in [2.05, 4.69) is 22.0 Å². The third kappa shape index (κ3) is 7.76. The van der Waals surface area contributed by atoms with E-state index in [-0.39, 0.29) is 18.3 Å². The molecule has 4 aromatic rings. The lowest BCUT2D eigenvalue weighted by atomic mass is 10.1. The molecule has 2 aliphatic heterocycles. The molecule has 2 saturated heterocycles. The lowest BCUT2D eigenvalue weighted by molar-refractivity contribution is 0.0743. The topological polar surface area (TPSA) is 99.6 Å². The third-order valence-electron chi connectivity index (χ3n) is 8.41. The van der Waals surface area contributed by atoms with Crippen LogP contribution < -0.4 is 10.1 Å². The molecule has 2 N–H and O–H groups in total.